The first-order valence-corrected chi connectivity index (χ1v) is 10.7. The normalized spacial score (nSPS) is 23.0. The van der Waals surface area contributed by atoms with Crippen LogP contribution in [0.3, 0.4) is 0 Å². The third kappa shape index (κ3) is 5.50. The number of guanidine groups is 1. The van der Waals surface area contributed by atoms with Crippen LogP contribution in [0.15, 0.2) is 16.4 Å². The molecule has 0 aromatic carbocycles. The summed E-state index contributed by atoms with van der Waals surface area (Å²) < 4.78 is 0. The van der Waals surface area contributed by atoms with Gasteiger partial charge in [0.05, 0.1) is 6.54 Å². The van der Waals surface area contributed by atoms with Gasteiger partial charge in [-0.1, -0.05) is 0 Å². The van der Waals surface area contributed by atoms with Crippen LogP contribution in [-0.2, 0) is 17.8 Å². The standard InChI is InChI=1S/C17H26N4OS2.HI/c1-18-17(20-13-3-4-14(9-13)23-2)19-10-16(22)21-7-5-15-12(11-21)6-8-24-15;/h6,8,13-14H,3-5,7,9-11H2,1-2H3,(H2,18,19,20);1H. The van der Waals surface area contributed by atoms with E-state index in [9.17, 15) is 4.79 Å². The average molecular weight is 494 g/mol. The van der Waals surface area contributed by atoms with Crippen LogP contribution in [0.4, 0.5) is 0 Å². The van der Waals surface area contributed by atoms with Crippen LogP contribution in [0.2, 0.25) is 0 Å². The summed E-state index contributed by atoms with van der Waals surface area (Å²) in [5, 5.41) is 9.51. The summed E-state index contributed by atoms with van der Waals surface area (Å²) >= 11 is 3.74. The number of rotatable bonds is 4. The molecule has 2 N–H and O–H groups in total. The Morgan fingerprint density at radius 2 is 2.32 bits per heavy atom. The number of hydrogen-bond donors (Lipinski definition) is 2. The van der Waals surface area contributed by atoms with E-state index in [0.717, 1.165) is 30.7 Å². The number of amides is 1. The summed E-state index contributed by atoms with van der Waals surface area (Å²) in [5.41, 5.74) is 1.30. The van der Waals surface area contributed by atoms with Crippen LogP contribution in [0.5, 0.6) is 0 Å². The van der Waals surface area contributed by atoms with E-state index in [1.165, 1.54) is 29.7 Å². The van der Waals surface area contributed by atoms with Crippen molar-refractivity contribution < 1.29 is 4.79 Å². The lowest BCUT2D eigenvalue weighted by Gasteiger charge is -2.27. The van der Waals surface area contributed by atoms with E-state index in [2.05, 4.69) is 33.3 Å². The third-order valence-electron chi connectivity index (χ3n) is 4.85. The predicted octanol–water partition coefficient (Wildman–Crippen LogP) is 2.70. The molecule has 1 fully saturated rings. The smallest absolute Gasteiger partial charge is 0.242 e. The van der Waals surface area contributed by atoms with E-state index in [1.54, 1.807) is 18.4 Å². The lowest BCUT2D eigenvalue weighted by Crippen LogP contribution is -2.47. The molecule has 140 valence electrons. The van der Waals surface area contributed by atoms with Gasteiger partial charge in [0, 0.05) is 36.3 Å². The first-order valence-electron chi connectivity index (χ1n) is 8.52. The molecule has 1 amide bonds. The Morgan fingerprint density at radius 3 is 3.04 bits per heavy atom. The Balaban J connectivity index is 0.00000225. The zero-order valence-corrected chi connectivity index (χ0v) is 18.7. The number of hydrogen-bond acceptors (Lipinski definition) is 4. The molecule has 2 aliphatic rings. The highest BCUT2D eigenvalue weighted by molar-refractivity contribution is 14.0. The van der Waals surface area contributed by atoms with Crippen molar-refractivity contribution in [3.05, 3.63) is 21.9 Å². The van der Waals surface area contributed by atoms with Gasteiger partial charge in [0.15, 0.2) is 5.96 Å². The second kappa shape index (κ2) is 10.0. The SMILES string of the molecule is CN=C(NCC(=O)N1CCc2sccc2C1)NC1CCC(SC)C1.I. The van der Waals surface area contributed by atoms with Crippen LogP contribution in [-0.4, -0.2) is 54.5 Å². The molecule has 1 aromatic rings. The molecule has 0 spiro atoms. The highest BCUT2D eigenvalue weighted by Gasteiger charge is 2.25. The number of fused-ring (bicyclic) bond motifs is 1. The fraction of sp³-hybridized carbons (Fsp3) is 0.647. The first-order chi connectivity index (χ1) is 11.7. The number of nitrogens with zero attached hydrogens (tertiary/aromatic N) is 2. The quantitative estimate of drug-likeness (QED) is 0.384. The highest BCUT2D eigenvalue weighted by Crippen LogP contribution is 2.28. The number of carbonyl (C=O) groups excluding carboxylic acids is 1. The molecule has 5 nitrogen and oxygen atoms in total. The highest BCUT2D eigenvalue weighted by atomic mass is 127. The van der Waals surface area contributed by atoms with E-state index in [4.69, 9.17) is 0 Å². The summed E-state index contributed by atoms with van der Waals surface area (Å²) in [4.78, 5) is 20.1. The zero-order chi connectivity index (χ0) is 16.9. The van der Waals surface area contributed by atoms with Crippen LogP contribution >= 0.6 is 47.1 Å². The van der Waals surface area contributed by atoms with Crippen molar-refractivity contribution in [2.45, 2.75) is 43.5 Å². The largest absolute Gasteiger partial charge is 0.354 e. The van der Waals surface area contributed by atoms with Gasteiger partial charge in [-0.3, -0.25) is 9.79 Å². The van der Waals surface area contributed by atoms with Crippen molar-refractivity contribution >= 4 is 58.9 Å². The number of halogens is 1. The van der Waals surface area contributed by atoms with Crippen molar-refractivity contribution in [3.8, 4) is 0 Å². The fourth-order valence-corrected chi connectivity index (χ4v) is 5.09. The maximum absolute atomic E-state index is 12.5. The molecule has 1 aliphatic heterocycles. The lowest BCUT2D eigenvalue weighted by molar-refractivity contribution is -0.130. The maximum atomic E-state index is 12.5. The summed E-state index contributed by atoms with van der Waals surface area (Å²) in [7, 11) is 1.76. The third-order valence-corrected chi connectivity index (χ3v) is 6.97. The summed E-state index contributed by atoms with van der Waals surface area (Å²) in [6, 6.07) is 2.60. The second-order valence-electron chi connectivity index (χ2n) is 6.37. The number of thiophene rings is 1. The van der Waals surface area contributed by atoms with Crippen LogP contribution in [0.1, 0.15) is 29.7 Å². The average Bonchev–Trinajstić information content (AvgIpc) is 3.26. The minimum Gasteiger partial charge on any atom is -0.354 e. The Hall–Kier alpha value is -0.480. The van der Waals surface area contributed by atoms with Gasteiger partial charge < -0.3 is 15.5 Å². The molecule has 2 unspecified atom stereocenters. The van der Waals surface area contributed by atoms with Gasteiger partial charge in [0.25, 0.3) is 0 Å². The van der Waals surface area contributed by atoms with Gasteiger partial charge in [-0.25, -0.2) is 0 Å². The molecule has 1 aromatic heterocycles. The van der Waals surface area contributed by atoms with Crippen molar-refractivity contribution in [2.75, 3.05) is 26.4 Å². The van der Waals surface area contributed by atoms with Gasteiger partial charge in [-0.15, -0.1) is 35.3 Å². The van der Waals surface area contributed by atoms with E-state index >= 15 is 0 Å². The molecule has 2 heterocycles. The van der Waals surface area contributed by atoms with Gasteiger partial charge in [-0.2, -0.15) is 11.8 Å². The molecule has 2 atom stereocenters. The Morgan fingerprint density at radius 1 is 1.48 bits per heavy atom. The van der Waals surface area contributed by atoms with E-state index in [-0.39, 0.29) is 29.9 Å². The van der Waals surface area contributed by atoms with E-state index in [0.29, 0.717) is 12.6 Å². The summed E-state index contributed by atoms with van der Waals surface area (Å²) in [6.45, 7) is 1.86. The molecule has 8 heteroatoms. The van der Waals surface area contributed by atoms with Gasteiger partial charge in [0.1, 0.15) is 0 Å². The van der Waals surface area contributed by atoms with Crippen molar-refractivity contribution in [3.63, 3.8) is 0 Å². The number of carbonyl (C=O) groups is 1. The van der Waals surface area contributed by atoms with Gasteiger partial charge in [-0.05, 0) is 48.9 Å². The summed E-state index contributed by atoms with van der Waals surface area (Å²) in [5.74, 6) is 0.881. The summed E-state index contributed by atoms with van der Waals surface area (Å²) in [6.07, 6.45) is 6.75. The Kier molecular flexibility index (Phi) is 8.34. The van der Waals surface area contributed by atoms with Crippen molar-refractivity contribution in [1.82, 2.24) is 15.5 Å². The maximum Gasteiger partial charge on any atom is 0.242 e. The molecule has 1 saturated carbocycles. The fourth-order valence-electron chi connectivity index (χ4n) is 3.41. The topological polar surface area (TPSA) is 56.7 Å². The first kappa shape index (κ1) is 20.8. The predicted molar refractivity (Wildman–Crippen MR) is 118 cm³/mol. The molecule has 0 saturated heterocycles. The zero-order valence-electron chi connectivity index (χ0n) is 14.8. The van der Waals surface area contributed by atoms with Crippen molar-refractivity contribution in [2.24, 2.45) is 4.99 Å². The van der Waals surface area contributed by atoms with Gasteiger partial charge >= 0.3 is 0 Å². The van der Waals surface area contributed by atoms with Crippen molar-refractivity contribution in [1.29, 1.82) is 0 Å². The lowest BCUT2D eigenvalue weighted by atomic mass is 10.1. The molecular formula is C17H27IN4OS2. The molecule has 3 rings (SSSR count). The minimum atomic E-state index is 0. The van der Waals surface area contributed by atoms with Crippen LogP contribution < -0.4 is 10.6 Å². The molecule has 0 radical (unpaired) electrons. The molecular weight excluding hydrogens is 467 g/mol. The number of nitrogens with one attached hydrogen (secondary N) is 2. The number of aliphatic imine (C=N–C) groups is 1. The Labute approximate surface area is 175 Å². The van der Waals surface area contributed by atoms with E-state index < -0.39 is 0 Å². The molecule has 1 aliphatic carbocycles. The minimum absolute atomic E-state index is 0. The van der Waals surface area contributed by atoms with Crippen LogP contribution in [0, 0.1) is 0 Å². The second-order valence-corrected chi connectivity index (χ2v) is 8.51. The number of thioether (sulfide) groups is 1. The Bertz CT molecular complexity index is 607. The van der Waals surface area contributed by atoms with Crippen LogP contribution in [0.25, 0.3) is 0 Å². The molecule has 25 heavy (non-hydrogen) atoms. The molecule has 0 bridgehead atoms. The van der Waals surface area contributed by atoms with E-state index in [1.807, 2.05) is 16.7 Å². The van der Waals surface area contributed by atoms with Gasteiger partial charge in [0.2, 0.25) is 5.91 Å². The monoisotopic (exact) mass is 494 g/mol.